The number of sulfonamides is 1. The van der Waals surface area contributed by atoms with E-state index in [4.69, 9.17) is 0 Å². The van der Waals surface area contributed by atoms with Gasteiger partial charge in [0.1, 0.15) is 0 Å². The summed E-state index contributed by atoms with van der Waals surface area (Å²) in [6.07, 6.45) is 1.54. The van der Waals surface area contributed by atoms with Crippen molar-refractivity contribution in [2.45, 2.75) is 36.7 Å². The van der Waals surface area contributed by atoms with Gasteiger partial charge in [0.15, 0.2) is 0 Å². The molecule has 1 saturated heterocycles. The van der Waals surface area contributed by atoms with E-state index in [1.807, 2.05) is 37.3 Å². The first-order valence-corrected chi connectivity index (χ1v) is 9.18. The molecule has 0 aliphatic carbocycles. The van der Waals surface area contributed by atoms with E-state index in [-0.39, 0.29) is 22.7 Å². The average Bonchev–Trinajstić information content (AvgIpc) is 2.98. The number of benzene rings is 2. The normalized spacial score (nSPS) is 21.7. The molecule has 0 radical (unpaired) electrons. The SMILES string of the molecule is C[C@@H]1CC[C@H](c2ccccc2)N1S(=O)(=O)c1ccc([N+](=O)[O-])cc1. The van der Waals surface area contributed by atoms with Gasteiger partial charge in [-0.05, 0) is 37.5 Å². The molecule has 6 nitrogen and oxygen atoms in total. The van der Waals surface area contributed by atoms with Gasteiger partial charge in [-0.1, -0.05) is 30.3 Å². The summed E-state index contributed by atoms with van der Waals surface area (Å²) < 4.78 is 27.7. The summed E-state index contributed by atoms with van der Waals surface area (Å²) in [5.74, 6) is 0. The molecule has 0 N–H and O–H groups in total. The molecule has 3 rings (SSSR count). The summed E-state index contributed by atoms with van der Waals surface area (Å²) in [6, 6.07) is 14.3. The van der Waals surface area contributed by atoms with Crippen LogP contribution in [0.4, 0.5) is 5.69 Å². The second-order valence-corrected chi connectivity index (χ2v) is 7.78. The predicted octanol–water partition coefficient (Wildman–Crippen LogP) is 3.51. The third-order valence-corrected chi connectivity index (χ3v) is 6.44. The Labute approximate surface area is 140 Å². The fourth-order valence-electron chi connectivity index (χ4n) is 3.22. The van der Waals surface area contributed by atoms with Crippen molar-refractivity contribution < 1.29 is 13.3 Å². The van der Waals surface area contributed by atoms with E-state index in [2.05, 4.69) is 0 Å². The van der Waals surface area contributed by atoms with E-state index in [0.29, 0.717) is 0 Å². The summed E-state index contributed by atoms with van der Waals surface area (Å²) in [5.41, 5.74) is 0.843. The van der Waals surface area contributed by atoms with Crippen LogP contribution in [0.3, 0.4) is 0 Å². The maximum absolute atomic E-state index is 13.1. The molecule has 1 aliphatic heterocycles. The van der Waals surface area contributed by atoms with Crippen LogP contribution in [-0.4, -0.2) is 23.7 Å². The highest BCUT2D eigenvalue weighted by Gasteiger charge is 2.40. The zero-order valence-electron chi connectivity index (χ0n) is 13.2. The van der Waals surface area contributed by atoms with E-state index in [1.165, 1.54) is 28.6 Å². The standard InChI is InChI=1S/C17H18N2O4S/c1-13-7-12-17(14-5-3-2-4-6-14)18(13)24(22,23)16-10-8-15(9-11-16)19(20)21/h2-6,8-11,13,17H,7,12H2,1H3/t13-,17-/m1/s1. The Balaban J connectivity index is 1.99. The van der Waals surface area contributed by atoms with Gasteiger partial charge in [-0.2, -0.15) is 4.31 Å². The highest BCUT2D eigenvalue weighted by molar-refractivity contribution is 7.89. The lowest BCUT2D eigenvalue weighted by Crippen LogP contribution is -2.35. The molecular formula is C17H18N2O4S. The van der Waals surface area contributed by atoms with Crippen molar-refractivity contribution in [3.8, 4) is 0 Å². The van der Waals surface area contributed by atoms with Crippen molar-refractivity contribution in [2.24, 2.45) is 0 Å². The van der Waals surface area contributed by atoms with Crippen LogP contribution in [0.2, 0.25) is 0 Å². The van der Waals surface area contributed by atoms with Gasteiger partial charge in [0.25, 0.3) is 5.69 Å². The quantitative estimate of drug-likeness (QED) is 0.627. The Morgan fingerprint density at radius 3 is 2.25 bits per heavy atom. The minimum absolute atomic E-state index is 0.0859. The van der Waals surface area contributed by atoms with Gasteiger partial charge in [0.2, 0.25) is 10.0 Å². The van der Waals surface area contributed by atoms with Crippen LogP contribution < -0.4 is 0 Å². The van der Waals surface area contributed by atoms with Gasteiger partial charge in [-0.25, -0.2) is 8.42 Å². The minimum atomic E-state index is -3.72. The number of nitro benzene ring substituents is 1. The first-order chi connectivity index (χ1) is 11.4. The van der Waals surface area contributed by atoms with Crippen LogP contribution >= 0.6 is 0 Å². The summed E-state index contributed by atoms with van der Waals surface area (Å²) in [7, 11) is -3.72. The van der Waals surface area contributed by atoms with Gasteiger partial charge >= 0.3 is 0 Å². The summed E-state index contributed by atoms with van der Waals surface area (Å²) >= 11 is 0. The zero-order chi connectivity index (χ0) is 17.3. The third-order valence-electron chi connectivity index (χ3n) is 4.41. The summed E-state index contributed by atoms with van der Waals surface area (Å²) in [5, 5.41) is 10.8. The van der Waals surface area contributed by atoms with Crippen LogP contribution in [0.1, 0.15) is 31.4 Å². The predicted molar refractivity (Wildman–Crippen MR) is 90.0 cm³/mol. The fourth-order valence-corrected chi connectivity index (χ4v) is 5.08. The van der Waals surface area contributed by atoms with E-state index < -0.39 is 14.9 Å². The third kappa shape index (κ3) is 2.92. The average molecular weight is 346 g/mol. The molecular weight excluding hydrogens is 328 g/mol. The molecule has 0 spiro atoms. The van der Waals surface area contributed by atoms with Crippen LogP contribution in [0.15, 0.2) is 59.5 Å². The molecule has 1 heterocycles. The Hall–Kier alpha value is -2.25. The fraction of sp³-hybridized carbons (Fsp3) is 0.294. The number of nitrogens with zero attached hydrogens (tertiary/aromatic N) is 2. The zero-order valence-corrected chi connectivity index (χ0v) is 14.0. The molecule has 0 unspecified atom stereocenters. The van der Waals surface area contributed by atoms with Crippen LogP contribution in [-0.2, 0) is 10.0 Å². The van der Waals surface area contributed by atoms with Crippen LogP contribution in [0, 0.1) is 10.1 Å². The van der Waals surface area contributed by atoms with Crippen LogP contribution in [0.25, 0.3) is 0 Å². The summed E-state index contributed by atoms with van der Waals surface area (Å²) in [4.78, 5) is 10.3. The van der Waals surface area contributed by atoms with Crippen molar-refractivity contribution in [3.63, 3.8) is 0 Å². The number of hydrogen-bond acceptors (Lipinski definition) is 4. The van der Waals surface area contributed by atoms with Crippen molar-refractivity contribution >= 4 is 15.7 Å². The van der Waals surface area contributed by atoms with Gasteiger partial charge < -0.3 is 0 Å². The van der Waals surface area contributed by atoms with Gasteiger partial charge in [-0.15, -0.1) is 0 Å². The first kappa shape index (κ1) is 16.6. The van der Waals surface area contributed by atoms with E-state index in [1.54, 1.807) is 0 Å². The molecule has 0 amide bonds. The van der Waals surface area contributed by atoms with Gasteiger partial charge in [-0.3, -0.25) is 10.1 Å². The monoisotopic (exact) mass is 346 g/mol. The smallest absolute Gasteiger partial charge is 0.258 e. The molecule has 1 fully saturated rings. The number of hydrogen-bond donors (Lipinski definition) is 0. The lowest BCUT2D eigenvalue weighted by molar-refractivity contribution is -0.384. The topological polar surface area (TPSA) is 80.5 Å². The molecule has 2 aromatic rings. The van der Waals surface area contributed by atoms with E-state index in [0.717, 1.165) is 18.4 Å². The minimum Gasteiger partial charge on any atom is -0.258 e. The van der Waals surface area contributed by atoms with E-state index in [9.17, 15) is 18.5 Å². The second-order valence-electron chi connectivity index (χ2n) is 5.94. The first-order valence-electron chi connectivity index (χ1n) is 7.74. The number of non-ortho nitro benzene ring substituents is 1. The lowest BCUT2D eigenvalue weighted by atomic mass is 10.1. The Morgan fingerprint density at radius 2 is 1.67 bits per heavy atom. The molecule has 7 heteroatoms. The molecule has 2 aromatic carbocycles. The largest absolute Gasteiger partial charge is 0.269 e. The maximum Gasteiger partial charge on any atom is 0.269 e. The molecule has 0 bridgehead atoms. The number of rotatable bonds is 4. The van der Waals surface area contributed by atoms with Crippen LogP contribution in [0.5, 0.6) is 0 Å². The summed E-state index contributed by atoms with van der Waals surface area (Å²) in [6.45, 7) is 1.89. The highest BCUT2D eigenvalue weighted by Crippen LogP contribution is 2.40. The van der Waals surface area contributed by atoms with E-state index >= 15 is 0 Å². The highest BCUT2D eigenvalue weighted by atomic mass is 32.2. The molecule has 0 saturated carbocycles. The lowest BCUT2D eigenvalue weighted by Gasteiger charge is -2.28. The Bertz CT molecular complexity index is 835. The number of nitro groups is 1. The van der Waals surface area contributed by atoms with Crippen molar-refractivity contribution in [2.75, 3.05) is 0 Å². The second kappa shape index (κ2) is 6.33. The van der Waals surface area contributed by atoms with Gasteiger partial charge in [0, 0.05) is 18.2 Å². The molecule has 2 atom stereocenters. The van der Waals surface area contributed by atoms with Crippen molar-refractivity contribution in [1.82, 2.24) is 4.31 Å². The molecule has 0 aromatic heterocycles. The Kier molecular flexibility index (Phi) is 4.38. The van der Waals surface area contributed by atoms with Crippen molar-refractivity contribution in [3.05, 3.63) is 70.3 Å². The molecule has 24 heavy (non-hydrogen) atoms. The molecule has 126 valence electrons. The Morgan fingerprint density at radius 1 is 1.04 bits per heavy atom. The maximum atomic E-state index is 13.1. The van der Waals surface area contributed by atoms with Gasteiger partial charge in [0.05, 0.1) is 15.9 Å². The molecule has 1 aliphatic rings. The van der Waals surface area contributed by atoms with Crippen molar-refractivity contribution in [1.29, 1.82) is 0 Å².